The lowest BCUT2D eigenvalue weighted by atomic mass is 10.1. The molecule has 0 unspecified atom stereocenters. The molecule has 0 aliphatic carbocycles. The van der Waals surface area contributed by atoms with Crippen molar-refractivity contribution < 1.29 is 13.2 Å². The molecule has 0 aromatic heterocycles. The average Bonchev–Trinajstić information content (AvgIpc) is 2.60. The molecule has 1 N–H and O–H groups in total. The molecule has 0 saturated heterocycles. The highest BCUT2D eigenvalue weighted by molar-refractivity contribution is 7.88. The Kier molecular flexibility index (Phi) is 7.36. The summed E-state index contributed by atoms with van der Waals surface area (Å²) in [6.07, 6.45) is 2.08. The van der Waals surface area contributed by atoms with Crippen molar-refractivity contribution in [2.45, 2.75) is 26.3 Å². The van der Waals surface area contributed by atoms with Crippen molar-refractivity contribution in [2.75, 3.05) is 19.3 Å². The van der Waals surface area contributed by atoms with Crippen molar-refractivity contribution in [3.63, 3.8) is 0 Å². The Labute approximate surface area is 156 Å². The Hall–Kier alpha value is -2.18. The molecule has 6 heteroatoms. The molecule has 2 aromatic carbocycles. The van der Waals surface area contributed by atoms with Crippen LogP contribution in [0.3, 0.4) is 0 Å². The van der Waals surface area contributed by atoms with Gasteiger partial charge in [0.15, 0.2) is 0 Å². The zero-order valence-electron chi connectivity index (χ0n) is 15.3. The van der Waals surface area contributed by atoms with Gasteiger partial charge in [-0.1, -0.05) is 60.2 Å². The van der Waals surface area contributed by atoms with E-state index in [-0.39, 0.29) is 25.4 Å². The lowest BCUT2D eigenvalue weighted by Crippen LogP contribution is -2.34. The summed E-state index contributed by atoms with van der Waals surface area (Å²) in [5, 5.41) is 2.85. The third kappa shape index (κ3) is 6.98. The van der Waals surface area contributed by atoms with Crippen molar-refractivity contribution >= 4 is 15.9 Å². The van der Waals surface area contributed by atoms with E-state index in [9.17, 15) is 13.2 Å². The van der Waals surface area contributed by atoms with Gasteiger partial charge in [-0.25, -0.2) is 8.42 Å². The highest BCUT2D eigenvalue weighted by Gasteiger charge is 2.18. The number of carbonyl (C=O) groups excluding carboxylic acids is 1. The second-order valence-corrected chi connectivity index (χ2v) is 8.40. The van der Waals surface area contributed by atoms with Crippen LogP contribution < -0.4 is 5.32 Å². The van der Waals surface area contributed by atoms with Gasteiger partial charge < -0.3 is 5.32 Å². The average molecular weight is 375 g/mol. The lowest BCUT2D eigenvalue weighted by Gasteiger charge is -2.20. The van der Waals surface area contributed by atoms with Crippen LogP contribution in [-0.4, -0.2) is 38.0 Å². The molecule has 0 spiro atoms. The fourth-order valence-electron chi connectivity index (χ4n) is 2.56. The van der Waals surface area contributed by atoms with Gasteiger partial charge in [0.2, 0.25) is 15.9 Å². The molecule has 0 aliphatic heterocycles. The van der Waals surface area contributed by atoms with E-state index in [4.69, 9.17) is 0 Å². The fourth-order valence-corrected chi connectivity index (χ4v) is 3.37. The largest absolute Gasteiger partial charge is 0.356 e. The maximum atomic E-state index is 12.0. The van der Waals surface area contributed by atoms with Gasteiger partial charge in [0, 0.05) is 26.1 Å². The van der Waals surface area contributed by atoms with Crippen LogP contribution in [0, 0.1) is 6.92 Å². The molecule has 0 saturated carbocycles. The van der Waals surface area contributed by atoms with Crippen molar-refractivity contribution in [1.29, 1.82) is 0 Å². The van der Waals surface area contributed by atoms with E-state index in [0.717, 1.165) is 23.1 Å². The first kappa shape index (κ1) is 20.1. The number of rotatable bonds is 9. The summed E-state index contributed by atoms with van der Waals surface area (Å²) in [7, 11) is -3.38. The molecule has 2 aromatic rings. The first-order chi connectivity index (χ1) is 12.3. The third-order valence-corrected chi connectivity index (χ3v) is 5.37. The zero-order valence-corrected chi connectivity index (χ0v) is 16.1. The number of nitrogens with zero attached hydrogens (tertiary/aromatic N) is 1. The number of nitrogens with one attached hydrogen (secondary N) is 1. The van der Waals surface area contributed by atoms with Gasteiger partial charge in [0.25, 0.3) is 0 Å². The Morgan fingerprint density at radius 3 is 2.27 bits per heavy atom. The smallest absolute Gasteiger partial charge is 0.221 e. The number of hydrogen-bond acceptors (Lipinski definition) is 3. The van der Waals surface area contributed by atoms with E-state index in [1.165, 1.54) is 10.6 Å². The summed E-state index contributed by atoms with van der Waals surface area (Å²) in [6.45, 7) is 2.97. The highest BCUT2D eigenvalue weighted by Crippen LogP contribution is 2.10. The molecule has 2 rings (SSSR count). The van der Waals surface area contributed by atoms with E-state index < -0.39 is 10.0 Å². The molecule has 0 radical (unpaired) electrons. The molecule has 0 fully saturated rings. The second-order valence-electron chi connectivity index (χ2n) is 6.42. The van der Waals surface area contributed by atoms with Gasteiger partial charge in [-0.2, -0.15) is 4.31 Å². The number of amides is 1. The summed E-state index contributed by atoms with van der Waals surface area (Å²) < 4.78 is 25.4. The van der Waals surface area contributed by atoms with Crippen LogP contribution in [0.15, 0.2) is 54.6 Å². The van der Waals surface area contributed by atoms with Crippen LogP contribution in [0.25, 0.3) is 0 Å². The minimum atomic E-state index is -3.38. The van der Waals surface area contributed by atoms with Gasteiger partial charge in [-0.15, -0.1) is 0 Å². The maximum Gasteiger partial charge on any atom is 0.221 e. The highest BCUT2D eigenvalue weighted by atomic mass is 32.2. The zero-order chi connectivity index (χ0) is 19.0. The van der Waals surface area contributed by atoms with E-state index in [0.29, 0.717) is 6.54 Å². The molecule has 26 heavy (non-hydrogen) atoms. The SMILES string of the molecule is Cc1ccc(CN(CCC(=O)NCCc2ccccc2)S(C)(=O)=O)cc1. The number of benzene rings is 2. The Bertz CT molecular complexity index is 803. The minimum Gasteiger partial charge on any atom is -0.356 e. The second kappa shape index (κ2) is 9.50. The minimum absolute atomic E-state index is 0.140. The third-order valence-electron chi connectivity index (χ3n) is 4.12. The van der Waals surface area contributed by atoms with Gasteiger partial charge >= 0.3 is 0 Å². The number of sulfonamides is 1. The van der Waals surface area contributed by atoms with E-state index in [1.54, 1.807) is 0 Å². The standard InChI is InChI=1S/C20H26N2O3S/c1-17-8-10-19(11-9-17)16-22(26(2,24)25)15-13-20(23)21-14-12-18-6-4-3-5-7-18/h3-11H,12-16H2,1-2H3,(H,21,23). The molecule has 5 nitrogen and oxygen atoms in total. The Morgan fingerprint density at radius 2 is 1.65 bits per heavy atom. The van der Waals surface area contributed by atoms with Crippen LogP contribution in [0.4, 0.5) is 0 Å². The summed E-state index contributed by atoms with van der Waals surface area (Å²) in [5.41, 5.74) is 3.19. The Balaban J connectivity index is 1.82. The fraction of sp³-hybridized carbons (Fsp3) is 0.350. The van der Waals surface area contributed by atoms with E-state index in [2.05, 4.69) is 5.32 Å². The van der Waals surface area contributed by atoms with Gasteiger partial charge in [-0.05, 0) is 24.5 Å². The van der Waals surface area contributed by atoms with Crippen molar-refractivity contribution in [3.8, 4) is 0 Å². The molecule has 0 atom stereocenters. The molecule has 0 aliphatic rings. The van der Waals surface area contributed by atoms with Gasteiger partial charge in [0.1, 0.15) is 0 Å². The van der Waals surface area contributed by atoms with Gasteiger partial charge in [0.05, 0.1) is 6.26 Å². The van der Waals surface area contributed by atoms with Crippen LogP contribution in [0.2, 0.25) is 0 Å². The predicted octanol–water partition coefficient (Wildman–Crippen LogP) is 2.51. The summed E-state index contributed by atoms with van der Waals surface area (Å²) >= 11 is 0. The summed E-state index contributed by atoms with van der Waals surface area (Å²) in [5.74, 6) is -0.140. The lowest BCUT2D eigenvalue weighted by molar-refractivity contribution is -0.121. The van der Waals surface area contributed by atoms with Crippen LogP contribution in [-0.2, 0) is 27.8 Å². The maximum absolute atomic E-state index is 12.0. The predicted molar refractivity (Wildman–Crippen MR) is 104 cm³/mol. The summed E-state index contributed by atoms with van der Waals surface area (Å²) in [4.78, 5) is 12.0. The van der Waals surface area contributed by atoms with Gasteiger partial charge in [-0.3, -0.25) is 4.79 Å². The molecule has 1 amide bonds. The number of carbonyl (C=O) groups is 1. The Morgan fingerprint density at radius 1 is 1.00 bits per heavy atom. The van der Waals surface area contributed by atoms with Crippen LogP contribution >= 0.6 is 0 Å². The molecule has 0 bridgehead atoms. The number of aryl methyl sites for hydroxylation is 1. The topological polar surface area (TPSA) is 66.5 Å². The van der Waals surface area contributed by atoms with Crippen molar-refractivity contribution in [2.24, 2.45) is 0 Å². The van der Waals surface area contributed by atoms with Crippen LogP contribution in [0.5, 0.6) is 0 Å². The quantitative estimate of drug-likeness (QED) is 0.733. The first-order valence-electron chi connectivity index (χ1n) is 8.66. The van der Waals surface area contributed by atoms with E-state index in [1.807, 2.05) is 61.5 Å². The number of hydrogen-bond donors (Lipinski definition) is 1. The monoisotopic (exact) mass is 374 g/mol. The molecule has 140 valence electrons. The van der Waals surface area contributed by atoms with Crippen molar-refractivity contribution in [3.05, 3.63) is 71.3 Å². The van der Waals surface area contributed by atoms with Crippen LogP contribution in [0.1, 0.15) is 23.1 Å². The van der Waals surface area contributed by atoms with Crippen molar-refractivity contribution in [1.82, 2.24) is 9.62 Å². The molecular formula is C20H26N2O3S. The summed E-state index contributed by atoms with van der Waals surface area (Å²) in [6, 6.07) is 17.6. The molecule has 0 heterocycles. The normalized spacial score (nSPS) is 11.5. The van der Waals surface area contributed by atoms with E-state index >= 15 is 0 Å². The molecular weight excluding hydrogens is 348 g/mol. The first-order valence-corrected chi connectivity index (χ1v) is 10.5.